The monoisotopic (exact) mass is 277 g/mol. The zero-order chi connectivity index (χ0) is 13.6. The minimum Gasteiger partial charge on any atom is -0.396 e. The van der Waals surface area contributed by atoms with Crippen LogP contribution in [-0.2, 0) is 14.8 Å². The summed E-state index contributed by atoms with van der Waals surface area (Å²) in [5.74, 6) is -0.622. The van der Waals surface area contributed by atoms with E-state index in [2.05, 4.69) is 4.72 Å². The molecule has 1 atom stereocenters. The molecule has 0 amide bonds. The molecule has 7 heteroatoms. The van der Waals surface area contributed by atoms with Crippen molar-refractivity contribution in [1.82, 2.24) is 4.72 Å². The molecule has 0 spiro atoms. The Balaban J connectivity index is 2.86. The first-order valence-corrected chi connectivity index (χ1v) is 6.85. The van der Waals surface area contributed by atoms with Crippen LogP contribution in [0.15, 0.2) is 29.2 Å². The number of ether oxygens (including phenoxy) is 1. The van der Waals surface area contributed by atoms with Crippen LogP contribution in [-0.4, -0.2) is 39.9 Å². The highest BCUT2D eigenvalue weighted by atomic mass is 32.2. The smallest absolute Gasteiger partial charge is 0.241 e. The molecule has 1 unspecified atom stereocenters. The average molecular weight is 277 g/mol. The van der Waals surface area contributed by atoms with Gasteiger partial charge >= 0.3 is 0 Å². The van der Waals surface area contributed by atoms with Crippen LogP contribution in [0.3, 0.4) is 0 Å². The number of halogens is 1. The van der Waals surface area contributed by atoms with E-state index in [1.165, 1.54) is 25.3 Å². The molecule has 1 aromatic carbocycles. The van der Waals surface area contributed by atoms with E-state index in [1.54, 1.807) is 0 Å². The SMILES string of the molecule is COCC(CCO)NS(=O)(=O)c1cccc(F)c1. The van der Waals surface area contributed by atoms with Gasteiger partial charge in [0.05, 0.1) is 11.5 Å². The number of hydrogen-bond donors (Lipinski definition) is 2. The topological polar surface area (TPSA) is 75.6 Å². The Morgan fingerprint density at radius 3 is 2.78 bits per heavy atom. The van der Waals surface area contributed by atoms with E-state index in [1.807, 2.05) is 0 Å². The van der Waals surface area contributed by atoms with Crippen molar-refractivity contribution in [3.63, 3.8) is 0 Å². The van der Waals surface area contributed by atoms with Crippen molar-refractivity contribution in [2.45, 2.75) is 17.4 Å². The Kier molecular flexibility index (Phi) is 5.67. The van der Waals surface area contributed by atoms with Crippen LogP contribution >= 0.6 is 0 Å². The predicted molar refractivity (Wildman–Crippen MR) is 64.1 cm³/mol. The van der Waals surface area contributed by atoms with E-state index >= 15 is 0 Å². The van der Waals surface area contributed by atoms with Crippen LogP contribution in [0.25, 0.3) is 0 Å². The molecule has 1 aromatic rings. The second-order valence-corrected chi connectivity index (χ2v) is 5.46. The first kappa shape index (κ1) is 15.0. The molecule has 102 valence electrons. The second-order valence-electron chi connectivity index (χ2n) is 3.74. The van der Waals surface area contributed by atoms with Crippen LogP contribution in [0, 0.1) is 5.82 Å². The fraction of sp³-hybridized carbons (Fsp3) is 0.455. The van der Waals surface area contributed by atoms with E-state index in [-0.39, 0.29) is 24.5 Å². The fourth-order valence-electron chi connectivity index (χ4n) is 1.45. The van der Waals surface area contributed by atoms with E-state index < -0.39 is 21.9 Å². The molecule has 0 saturated heterocycles. The van der Waals surface area contributed by atoms with Gasteiger partial charge in [0.15, 0.2) is 0 Å². The normalized spacial score (nSPS) is 13.5. The lowest BCUT2D eigenvalue weighted by molar-refractivity contribution is 0.158. The zero-order valence-electron chi connectivity index (χ0n) is 9.97. The number of aliphatic hydroxyl groups is 1. The minimum absolute atomic E-state index is 0.134. The number of rotatable bonds is 7. The maximum atomic E-state index is 13.0. The molecule has 0 aliphatic carbocycles. The molecule has 0 bridgehead atoms. The van der Waals surface area contributed by atoms with Crippen molar-refractivity contribution in [2.24, 2.45) is 0 Å². The maximum absolute atomic E-state index is 13.0. The number of nitrogens with one attached hydrogen (secondary N) is 1. The van der Waals surface area contributed by atoms with Gasteiger partial charge in [-0.2, -0.15) is 0 Å². The number of aliphatic hydroxyl groups excluding tert-OH is 1. The van der Waals surface area contributed by atoms with Gasteiger partial charge in [0.25, 0.3) is 0 Å². The Morgan fingerprint density at radius 1 is 1.50 bits per heavy atom. The molecule has 1 rings (SSSR count). The molecule has 0 aliphatic rings. The number of hydrogen-bond acceptors (Lipinski definition) is 4. The first-order chi connectivity index (χ1) is 8.49. The van der Waals surface area contributed by atoms with E-state index in [0.717, 1.165) is 6.07 Å². The van der Waals surface area contributed by atoms with Crippen LogP contribution < -0.4 is 4.72 Å². The maximum Gasteiger partial charge on any atom is 0.241 e. The van der Waals surface area contributed by atoms with Gasteiger partial charge in [-0.3, -0.25) is 0 Å². The molecular formula is C11H16FNO4S. The van der Waals surface area contributed by atoms with Gasteiger partial charge < -0.3 is 9.84 Å². The highest BCUT2D eigenvalue weighted by Crippen LogP contribution is 2.11. The standard InChI is InChI=1S/C11H16FNO4S/c1-17-8-10(5-6-14)13-18(15,16)11-4-2-3-9(12)7-11/h2-4,7,10,13-14H,5-6,8H2,1H3. The first-order valence-electron chi connectivity index (χ1n) is 5.37. The van der Waals surface area contributed by atoms with Crippen molar-refractivity contribution >= 4 is 10.0 Å². The summed E-state index contributed by atoms with van der Waals surface area (Å²) in [5.41, 5.74) is 0. The lowest BCUT2D eigenvalue weighted by Crippen LogP contribution is -2.38. The summed E-state index contributed by atoms with van der Waals surface area (Å²) in [4.78, 5) is -0.151. The van der Waals surface area contributed by atoms with Gasteiger partial charge in [-0.05, 0) is 24.6 Å². The quantitative estimate of drug-likeness (QED) is 0.761. The third kappa shape index (κ3) is 4.34. The molecule has 0 aliphatic heterocycles. The molecule has 5 nitrogen and oxygen atoms in total. The molecule has 18 heavy (non-hydrogen) atoms. The Labute approximate surface area is 106 Å². The van der Waals surface area contributed by atoms with Crippen LogP contribution in [0.1, 0.15) is 6.42 Å². The number of benzene rings is 1. The van der Waals surface area contributed by atoms with Gasteiger partial charge in [-0.15, -0.1) is 0 Å². The largest absolute Gasteiger partial charge is 0.396 e. The van der Waals surface area contributed by atoms with Gasteiger partial charge in [0, 0.05) is 19.8 Å². The summed E-state index contributed by atoms with van der Waals surface area (Å²) < 4.78 is 44.0. The summed E-state index contributed by atoms with van der Waals surface area (Å²) >= 11 is 0. The van der Waals surface area contributed by atoms with Crippen LogP contribution in [0.4, 0.5) is 4.39 Å². The Bertz CT molecular complexity index is 472. The fourth-order valence-corrected chi connectivity index (χ4v) is 2.74. The summed E-state index contributed by atoms with van der Waals surface area (Å²) in [7, 11) is -2.38. The summed E-state index contributed by atoms with van der Waals surface area (Å²) in [5, 5.41) is 8.82. The van der Waals surface area contributed by atoms with E-state index in [9.17, 15) is 12.8 Å². The van der Waals surface area contributed by atoms with Crippen molar-refractivity contribution in [3.05, 3.63) is 30.1 Å². The van der Waals surface area contributed by atoms with Crippen LogP contribution in [0.2, 0.25) is 0 Å². The Hall–Kier alpha value is -1.02. The molecule has 0 heterocycles. The third-order valence-electron chi connectivity index (χ3n) is 2.27. The molecule has 0 radical (unpaired) electrons. The van der Waals surface area contributed by atoms with Crippen LogP contribution in [0.5, 0.6) is 0 Å². The lowest BCUT2D eigenvalue weighted by atomic mass is 10.2. The van der Waals surface area contributed by atoms with Crippen molar-refractivity contribution in [1.29, 1.82) is 0 Å². The van der Waals surface area contributed by atoms with Crippen molar-refractivity contribution in [3.8, 4) is 0 Å². The molecule has 0 aromatic heterocycles. The third-order valence-corrected chi connectivity index (χ3v) is 3.79. The molecule has 0 saturated carbocycles. The molecule has 0 fully saturated rings. The molecule has 2 N–H and O–H groups in total. The average Bonchev–Trinajstić information content (AvgIpc) is 2.29. The van der Waals surface area contributed by atoms with E-state index in [4.69, 9.17) is 9.84 Å². The second kappa shape index (κ2) is 6.79. The highest BCUT2D eigenvalue weighted by molar-refractivity contribution is 7.89. The van der Waals surface area contributed by atoms with Gasteiger partial charge in [-0.1, -0.05) is 6.07 Å². The van der Waals surface area contributed by atoms with Crippen molar-refractivity contribution < 1.29 is 22.7 Å². The highest BCUT2D eigenvalue weighted by Gasteiger charge is 2.20. The van der Waals surface area contributed by atoms with Crippen molar-refractivity contribution in [2.75, 3.05) is 20.3 Å². The van der Waals surface area contributed by atoms with E-state index in [0.29, 0.717) is 0 Å². The zero-order valence-corrected chi connectivity index (χ0v) is 10.8. The summed E-state index contributed by atoms with van der Waals surface area (Å²) in [6.45, 7) is -0.0329. The number of sulfonamides is 1. The predicted octanol–water partition coefficient (Wildman–Crippen LogP) is 0.501. The summed E-state index contributed by atoms with van der Waals surface area (Å²) in [6, 6.07) is 4.17. The van der Waals surface area contributed by atoms with Gasteiger partial charge in [-0.25, -0.2) is 17.5 Å². The van der Waals surface area contributed by atoms with Gasteiger partial charge in [0.1, 0.15) is 5.82 Å². The Morgan fingerprint density at radius 2 is 2.22 bits per heavy atom. The lowest BCUT2D eigenvalue weighted by Gasteiger charge is -2.16. The number of methoxy groups -OCH3 is 1. The van der Waals surface area contributed by atoms with Gasteiger partial charge in [0.2, 0.25) is 10.0 Å². The molecular weight excluding hydrogens is 261 g/mol. The summed E-state index contributed by atoms with van der Waals surface area (Å²) in [6.07, 6.45) is 0.225. The minimum atomic E-state index is -3.81.